The first-order chi connectivity index (χ1) is 10.1. The number of amides is 2. The Bertz CT molecular complexity index is 490. The molecule has 2 N–H and O–H groups in total. The van der Waals surface area contributed by atoms with E-state index in [4.69, 9.17) is 5.73 Å². The number of piperazine rings is 1. The van der Waals surface area contributed by atoms with E-state index in [-0.39, 0.29) is 5.91 Å². The summed E-state index contributed by atoms with van der Waals surface area (Å²) >= 11 is 0. The minimum atomic E-state index is -0.493. The quantitative estimate of drug-likeness (QED) is 0.865. The van der Waals surface area contributed by atoms with Crippen molar-refractivity contribution in [1.29, 1.82) is 0 Å². The van der Waals surface area contributed by atoms with Crippen molar-refractivity contribution in [3.63, 3.8) is 0 Å². The topological polar surface area (TPSA) is 66.6 Å². The van der Waals surface area contributed by atoms with Crippen LogP contribution in [0.5, 0.6) is 0 Å². The van der Waals surface area contributed by atoms with Gasteiger partial charge in [0.2, 0.25) is 11.8 Å². The molecule has 0 aliphatic carbocycles. The van der Waals surface area contributed by atoms with Crippen LogP contribution in [0.15, 0.2) is 30.3 Å². The molecule has 0 bridgehead atoms. The Morgan fingerprint density at radius 1 is 1.24 bits per heavy atom. The van der Waals surface area contributed by atoms with Crippen LogP contribution in [0.3, 0.4) is 0 Å². The van der Waals surface area contributed by atoms with Crippen LogP contribution in [0.1, 0.15) is 18.9 Å². The summed E-state index contributed by atoms with van der Waals surface area (Å²) in [7, 11) is 0. The largest absolute Gasteiger partial charge is 0.368 e. The summed E-state index contributed by atoms with van der Waals surface area (Å²) in [5, 5.41) is 0. The summed E-state index contributed by atoms with van der Waals surface area (Å²) in [5.41, 5.74) is 6.74. The van der Waals surface area contributed by atoms with Crippen LogP contribution in [0, 0.1) is 0 Å². The number of benzene rings is 1. The molecular weight excluding hydrogens is 266 g/mol. The summed E-state index contributed by atoms with van der Waals surface area (Å²) < 4.78 is 0. The molecular formula is C16H23N3O2. The van der Waals surface area contributed by atoms with Crippen LogP contribution in [0.2, 0.25) is 0 Å². The molecule has 1 aromatic rings. The highest BCUT2D eigenvalue weighted by molar-refractivity contribution is 5.86. The minimum absolute atomic E-state index is 0.0808. The monoisotopic (exact) mass is 289 g/mol. The third-order valence-electron chi connectivity index (χ3n) is 3.98. The fraction of sp³-hybridized carbons (Fsp3) is 0.500. The standard InChI is InChI=1S/C16H23N3O2/c1-13(20)19-11-10-18(12-15(19)16(17)21)9-5-8-14-6-3-2-4-7-14/h2-4,6-7,15H,5,8-12H2,1H3,(H2,17,21)/t15-/m1/s1. The molecule has 0 saturated carbocycles. The van der Waals surface area contributed by atoms with E-state index in [0.717, 1.165) is 25.9 Å². The zero-order valence-corrected chi connectivity index (χ0v) is 12.5. The van der Waals surface area contributed by atoms with Crippen molar-refractivity contribution < 1.29 is 9.59 Å². The van der Waals surface area contributed by atoms with Gasteiger partial charge in [0.05, 0.1) is 0 Å². The van der Waals surface area contributed by atoms with Crippen LogP contribution in [-0.4, -0.2) is 53.8 Å². The molecule has 5 nitrogen and oxygen atoms in total. The van der Waals surface area contributed by atoms with Crippen molar-refractivity contribution in [2.75, 3.05) is 26.2 Å². The molecule has 1 atom stereocenters. The van der Waals surface area contributed by atoms with Crippen molar-refractivity contribution in [2.24, 2.45) is 5.73 Å². The molecule has 0 radical (unpaired) electrons. The Morgan fingerprint density at radius 3 is 2.57 bits per heavy atom. The number of nitrogens with two attached hydrogens (primary N) is 1. The first-order valence-electron chi connectivity index (χ1n) is 7.40. The molecule has 5 heteroatoms. The highest BCUT2D eigenvalue weighted by Crippen LogP contribution is 2.11. The van der Waals surface area contributed by atoms with Gasteiger partial charge in [-0.05, 0) is 24.9 Å². The molecule has 1 saturated heterocycles. The number of primary amides is 1. The summed E-state index contributed by atoms with van der Waals surface area (Å²) in [4.78, 5) is 26.8. The Morgan fingerprint density at radius 2 is 1.95 bits per heavy atom. The fourth-order valence-corrected chi connectivity index (χ4v) is 2.81. The van der Waals surface area contributed by atoms with Crippen LogP contribution in [0.4, 0.5) is 0 Å². The first kappa shape index (κ1) is 15.5. The zero-order chi connectivity index (χ0) is 15.2. The number of hydrogen-bond acceptors (Lipinski definition) is 3. The maximum atomic E-state index is 11.5. The van der Waals surface area contributed by atoms with Gasteiger partial charge in [0.25, 0.3) is 0 Å². The second-order valence-corrected chi connectivity index (χ2v) is 5.52. The van der Waals surface area contributed by atoms with Gasteiger partial charge in [0.1, 0.15) is 6.04 Å². The summed E-state index contributed by atoms with van der Waals surface area (Å²) in [6, 6.07) is 9.86. The van der Waals surface area contributed by atoms with Gasteiger partial charge in [-0.1, -0.05) is 30.3 Å². The van der Waals surface area contributed by atoms with Crippen LogP contribution >= 0.6 is 0 Å². The predicted octanol–water partition coefficient (Wildman–Crippen LogP) is 0.637. The highest BCUT2D eigenvalue weighted by atomic mass is 16.2. The van der Waals surface area contributed by atoms with Gasteiger partial charge >= 0.3 is 0 Å². The summed E-state index contributed by atoms with van der Waals surface area (Å²) in [5.74, 6) is -0.499. The molecule has 1 aromatic carbocycles. The lowest BCUT2D eigenvalue weighted by molar-refractivity contribution is -0.141. The minimum Gasteiger partial charge on any atom is -0.368 e. The second-order valence-electron chi connectivity index (χ2n) is 5.52. The van der Waals surface area contributed by atoms with Gasteiger partial charge in [-0.15, -0.1) is 0 Å². The van der Waals surface area contributed by atoms with Crippen molar-refractivity contribution >= 4 is 11.8 Å². The number of nitrogens with zero attached hydrogens (tertiary/aromatic N) is 2. The lowest BCUT2D eigenvalue weighted by Crippen LogP contribution is -2.59. The molecule has 1 heterocycles. The molecule has 0 aromatic heterocycles. The van der Waals surface area contributed by atoms with Crippen molar-refractivity contribution in [3.8, 4) is 0 Å². The summed E-state index contributed by atoms with van der Waals surface area (Å²) in [6.07, 6.45) is 2.06. The molecule has 1 fully saturated rings. The lowest BCUT2D eigenvalue weighted by atomic mass is 10.1. The zero-order valence-electron chi connectivity index (χ0n) is 12.5. The number of rotatable bonds is 5. The van der Waals surface area contributed by atoms with E-state index in [1.165, 1.54) is 12.5 Å². The van der Waals surface area contributed by atoms with Crippen molar-refractivity contribution in [1.82, 2.24) is 9.80 Å². The van der Waals surface area contributed by atoms with E-state index in [9.17, 15) is 9.59 Å². The van der Waals surface area contributed by atoms with Crippen LogP contribution < -0.4 is 5.73 Å². The number of carbonyl (C=O) groups excluding carboxylic acids is 2. The van der Waals surface area contributed by atoms with Gasteiger partial charge in [-0.2, -0.15) is 0 Å². The van der Waals surface area contributed by atoms with Crippen molar-refractivity contribution in [3.05, 3.63) is 35.9 Å². The van der Waals surface area contributed by atoms with Gasteiger partial charge in [0, 0.05) is 26.6 Å². The van der Waals surface area contributed by atoms with Crippen LogP contribution in [-0.2, 0) is 16.0 Å². The molecule has 21 heavy (non-hydrogen) atoms. The van der Waals surface area contributed by atoms with E-state index < -0.39 is 11.9 Å². The average molecular weight is 289 g/mol. The van der Waals surface area contributed by atoms with Gasteiger partial charge < -0.3 is 10.6 Å². The molecule has 1 aliphatic heterocycles. The van der Waals surface area contributed by atoms with E-state index >= 15 is 0 Å². The summed E-state index contributed by atoms with van der Waals surface area (Å²) in [6.45, 7) is 4.33. The van der Waals surface area contributed by atoms with E-state index in [1.807, 2.05) is 18.2 Å². The molecule has 114 valence electrons. The molecule has 2 amide bonds. The van der Waals surface area contributed by atoms with E-state index in [0.29, 0.717) is 13.1 Å². The third kappa shape index (κ3) is 4.29. The second kappa shape index (κ2) is 7.22. The van der Waals surface area contributed by atoms with E-state index in [2.05, 4.69) is 17.0 Å². The Hall–Kier alpha value is -1.88. The molecule has 0 spiro atoms. The number of hydrogen-bond donors (Lipinski definition) is 1. The molecule has 2 rings (SSSR count). The predicted molar refractivity (Wildman–Crippen MR) is 81.6 cm³/mol. The van der Waals surface area contributed by atoms with Gasteiger partial charge in [-0.25, -0.2) is 0 Å². The first-order valence-corrected chi connectivity index (χ1v) is 7.40. The number of aryl methyl sites for hydroxylation is 1. The van der Waals surface area contributed by atoms with Crippen molar-refractivity contribution in [2.45, 2.75) is 25.8 Å². The molecule has 1 aliphatic rings. The van der Waals surface area contributed by atoms with Gasteiger partial charge in [-0.3, -0.25) is 14.5 Å². The maximum Gasteiger partial charge on any atom is 0.241 e. The number of carbonyl (C=O) groups is 2. The third-order valence-corrected chi connectivity index (χ3v) is 3.98. The SMILES string of the molecule is CC(=O)N1CCN(CCCc2ccccc2)C[C@@H]1C(N)=O. The highest BCUT2D eigenvalue weighted by Gasteiger charge is 2.32. The average Bonchev–Trinajstić information content (AvgIpc) is 2.48. The fourth-order valence-electron chi connectivity index (χ4n) is 2.81. The van der Waals surface area contributed by atoms with Crippen LogP contribution in [0.25, 0.3) is 0 Å². The normalized spacial score (nSPS) is 19.5. The Balaban J connectivity index is 1.82. The lowest BCUT2D eigenvalue weighted by Gasteiger charge is -2.39. The smallest absolute Gasteiger partial charge is 0.241 e. The Labute approximate surface area is 125 Å². The van der Waals surface area contributed by atoms with E-state index in [1.54, 1.807) is 4.90 Å². The maximum absolute atomic E-state index is 11.5. The van der Waals surface area contributed by atoms with Gasteiger partial charge in [0.15, 0.2) is 0 Å². The molecule has 0 unspecified atom stereocenters. The Kier molecular flexibility index (Phi) is 5.33.